The Balaban J connectivity index is 1.21. The van der Waals surface area contributed by atoms with E-state index in [-0.39, 0.29) is 12.9 Å². The van der Waals surface area contributed by atoms with Crippen LogP contribution in [0.25, 0.3) is 22.0 Å². The minimum Gasteiger partial charge on any atom is -0.454 e. The molecule has 2 aliphatic rings. The fourth-order valence-electron chi connectivity index (χ4n) is 4.00. The predicted octanol–water partition coefficient (Wildman–Crippen LogP) is 5.64. The maximum Gasteiger partial charge on any atom is 0.231 e. The van der Waals surface area contributed by atoms with Gasteiger partial charge in [0.15, 0.2) is 22.5 Å². The van der Waals surface area contributed by atoms with E-state index in [1.165, 1.54) is 4.88 Å². The molecule has 0 aliphatic carbocycles. The third kappa shape index (κ3) is 4.40. The molecule has 1 aromatic carbocycles. The third-order valence-corrected chi connectivity index (χ3v) is 8.44. The lowest BCUT2D eigenvalue weighted by atomic mass is 10.2. The van der Waals surface area contributed by atoms with Gasteiger partial charge in [-0.1, -0.05) is 11.8 Å². The summed E-state index contributed by atoms with van der Waals surface area (Å²) < 4.78 is 19.0. The number of ether oxygens (including phenoxy) is 3. The Hall–Kier alpha value is -2.40. The SMILES string of the molecule is Cc1cc(-c2nnc(SCc3csc(-c4ccc5c(c4)OCO5)n3)n2CC2CCCO2)cs1. The van der Waals surface area contributed by atoms with Crippen molar-refractivity contribution in [1.29, 1.82) is 0 Å². The van der Waals surface area contributed by atoms with Gasteiger partial charge in [-0.2, -0.15) is 0 Å². The van der Waals surface area contributed by atoms with E-state index in [1.54, 1.807) is 34.4 Å². The standard InChI is InChI=1S/C23H22N4O3S3/c1-14-7-16(10-31-14)21-25-26-23(27(21)9-18-3-2-6-28-18)33-12-17-11-32-22(24-17)15-4-5-19-20(8-15)30-13-29-19/h4-5,7-8,10-11,18H,2-3,6,9,12-13H2,1H3. The minimum atomic E-state index is 0.218. The molecule has 6 rings (SSSR count). The van der Waals surface area contributed by atoms with Gasteiger partial charge in [-0.15, -0.1) is 32.9 Å². The first-order valence-corrected chi connectivity index (χ1v) is 13.5. The van der Waals surface area contributed by atoms with Gasteiger partial charge < -0.3 is 14.2 Å². The van der Waals surface area contributed by atoms with Gasteiger partial charge in [0, 0.05) is 39.1 Å². The Bertz CT molecular complexity index is 1280. The summed E-state index contributed by atoms with van der Waals surface area (Å²) in [5.41, 5.74) is 3.18. The summed E-state index contributed by atoms with van der Waals surface area (Å²) in [6, 6.07) is 8.13. The minimum absolute atomic E-state index is 0.218. The van der Waals surface area contributed by atoms with Gasteiger partial charge in [0.1, 0.15) is 5.01 Å². The van der Waals surface area contributed by atoms with Crippen molar-refractivity contribution in [3.05, 3.63) is 45.6 Å². The summed E-state index contributed by atoms with van der Waals surface area (Å²) >= 11 is 5.04. The van der Waals surface area contributed by atoms with Gasteiger partial charge in [-0.05, 0) is 44.0 Å². The van der Waals surface area contributed by atoms with E-state index in [4.69, 9.17) is 19.2 Å². The van der Waals surface area contributed by atoms with Crippen LogP contribution in [0.1, 0.15) is 23.4 Å². The molecule has 170 valence electrons. The Morgan fingerprint density at radius 1 is 1.09 bits per heavy atom. The Morgan fingerprint density at radius 3 is 2.88 bits per heavy atom. The first kappa shape index (κ1) is 21.2. The maximum absolute atomic E-state index is 5.91. The van der Waals surface area contributed by atoms with Crippen LogP contribution >= 0.6 is 34.4 Å². The molecule has 10 heteroatoms. The van der Waals surface area contributed by atoms with Gasteiger partial charge >= 0.3 is 0 Å². The quantitative estimate of drug-likeness (QED) is 0.305. The lowest BCUT2D eigenvalue weighted by Crippen LogP contribution is -2.16. The lowest BCUT2D eigenvalue weighted by Gasteiger charge is -2.14. The number of hydrogen-bond donors (Lipinski definition) is 0. The van der Waals surface area contributed by atoms with E-state index in [0.29, 0.717) is 0 Å². The summed E-state index contributed by atoms with van der Waals surface area (Å²) in [6.07, 6.45) is 2.41. The van der Waals surface area contributed by atoms with Crippen molar-refractivity contribution in [3.63, 3.8) is 0 Å². The van der Waals surface area contributed by atoms with Crippen molar-refractivity contribution >= 4 is 34.4 Å². The van der Waals surface area contributed by atoms with E-state index in [2.05, 4.69) is 38.5 Å². The number of aryl methyl sites for hydroxylation is 1. The van der Waals surface area contributed by atoms with Crippen LogP contribution in [0.5, 0.6) is 11.5 Å². The molecule has 1 fully saturated rings. The highest BCUT2D eigenvalue weighted by molar-refractivity contribution is 7.98. The number of aromatic nitrogens is 4. The zero-order chi connectivity index (χ0) is 22.2. The van der Waals surface area contributed by atoms with Gasteiger partial charge in [-0.3, -0.25) is 4.57 Å². The van der Waals surface area contributed by atoms with Gasteiger partial charge in [-0.25, -0.2) is 4.98 Å². The molecule has 0 saturated carbocycles. The number of thiazole rings is 1. The van der Waals surface area contributed by atoms with Crippen LogP contribution in [0.15, 0.2) is 40.2 Å². The second-order valence-electron chi connectivity index (χ2n) is 8.00. The zero-order valence-corrected chi connectivity index (χ0v) is 20.5. The third-order valence-electron chi connectivity index (χ3n) is 5.64. The highest BCUT2D eigenvalue weighted by Gasteiger charge is 2.22. The van der Waals surface area contributed by atoms with Crippen LogP contribution in [-0.2, 0) is 17.0 Å². The summed E-state index contributed by atoms with van der Waals surface area (Å²) in [5.74, 6) is 3.20. The first-order chi connectivity index (χ1) is 16.2. The Kier molecular flexibility index (Phi) is 5.83. The van der Waals surface area contributed by atoms with Crippen LogP contribution in [-0.4, -0.2) is 39.3 Å². The fourth-order valence-corrected chi connectivity index (χ4v) is 6.44. The summed E-state index contributed by atoms with van der Waals surface area (Å²) in [7, 11) is 0. The molecular weight excluding hydrogens is 476 g/mol. The van der Waals surface area contributed by atoms with Gasteiger partial charge in [0.2, 0.25) is 6.79 Å². The van der Waals surface area contributed by atoms with E-state index in [1.807, 2.05) is 18.2 Å². The van der Waals surface area contributed by atoms with E-state index >= 15 is 0 Å². The van der Waals surface area contributed by atoms with Crippen molar-refractivity contribution in [3.8, 4) is 33.5 Å². The average molecular weight is 499 g/mol. The average Bonchev–Trinajstić information content (AvgIpc) is 3.63. The van der Waals surface area contributed by atoms with Crippen molar-refractivity contribution in [2.24, 2.45) is 0 Å². The number of thiophene rings is 1. The number of nitrogens with zero attached hydrogens (tertiary/aromatic N) is 4. The molecule has 4 aromatic rings. The van der Waals surface area contributed by atoms with Crippen LogP contribution in [0, 0.1) is 6.92 Å². The first-order valence-electron chi connectivity index (χ1n) is 10.8. The molecule has 1 atom stereocenters. The Labute approximate surface area is 203 Å². The molecular formula is C23H22N4O3S3. The van der Waals surface area contributed by atoms with Crippen molar-refractivity contribution < 1.29 is 14.2 Å². The van der Waals surface area contributed by atoms with Crippen molar-refractivity contribution in [2.45, 2.75) is 43.3 Å². The molecule has 5 heterocycles. The molecule has 0 spiro atoms. The van der Waals surface area contributed by atoms with Crippen molar-refractivity contribution in [2.75, 3.05) is 13.4 Å². The number of rotatable bonds is 7. The van der Waals surface area contributed by atoms with Crippen LogP contribution in [0.4, 0.5) is 0 Å². The summed E-state index contributed by atoms with van der Waals surface area (Å²) in [6.45, 7) is 4.01. The number of hydrogen-bond acceptors (Lipinski definition) is 9. The van der Waals surface area contributed by atoms with Crippen molar-refractivity contribution in [1.82, 2.24) is 19.7 Å². The zero-order valence-electron chi connectivity index (χ0n) is 18.0. The highest BCUT2D eigenvalue weighted by atomic mass is 32.2. The van der Waals surface area contributed by atoms with Gasteiger partial charge in [0.25, 0.3) is 0 Å². The fraction of sp³-hybridized carbons (Fsp3) is 0.348. The molecule has 33 heavy (non-hydrogen) atoms. The molecule has 0 bridgehead atoms. The lowest BCUT2D eigenvalue weighted by molar-refractivity contribution is 0.0953. The Morgan fingerprint density at radius 2 is 2.03 bits per heavy atom. The normalized spacial score (nSPS) is 17.2. The number of benzene rings is 1. The predicted molar refractivity (Wildman–Crippen MR) is 130 cm³/mol. The van der Waals surface area contributed by atoms with Crippen LogP contribution < -0.4 is 9.47 Å². The molecule has 0 radical (unpaired) electrons. The van der Waals surface area contributed by atoms with Crippen LogP contribution in [0.2, 0.25) is 0 Å². The maximum atomic E-state index is 5.91. The molecule has 1 saturated heterocycles. The summed E-state index contributed by atoms with van der Waals surface area (Å²) in [4.78, 5) is 6.11. The smallest absolute Gasteiger partial charge is 0.231 e. The van der Waals surface area contributed by atoms with Gasteiger partial charge in [0.05, 0.1) is 18.3 Å². The monoisotopic (exact) mass is 498 g/mol. The molecule has 0 amide bonds. The number of thioether (sulfide) groups is 1. The molecule has 1 unspecified atom stereocenters. The molecule has 7 nitrogen and oxygen atoms in total. The molecule has 0 N–H and O–H groups in total. The van der Waals surface area contributed by atoms with Crippen LogP contribution in [0.3, 0.4) is 0 Å². The number of fused-ring (bicyclic) bond motifs is 1. The second kappa shape index (κ2) is 9.09. The van der Waals surface area contributed by atoms with E-state index in [9.17, 15) is 0 Å². The summed E-state index contributed by atoms with van der Waals surface area (Å²) in [5, 5.41) is 15.2. The topological polar surface area (TPSA) is 71.3 Å². The van der Waals surface area contributed by atoms with E-state index in [0.717, 1.165) is 76.1 Å². The highest BCUT2D eigenvalue weighted by Crippen LogP contribution is 2.37. The molecule has 3 aromatic heterocycles. The van der Waals surface area contributed by atoms with E-state index < -0.39 is 0 Å². The second-order valence-corrected chi connectivity index (χ2v) is 10.9. The largest absolute Gasteiger partial charge is 0.454 e. The molecule has 2 aliphatic heterocycles.